The highest BCUT2D eigenvalue weighted by atomic mass is 32.1. The number of thiazole rings is 1. The second kappa shape index (κ2) is 8.05. The van der Waals surface area contributed by atoms with Gasteiger partial charge in [0.15, 0.2) is 5.13 Å². The van der Waals surface area contributed by atoms with E-state index in [-0.39, 0.29) is 18.0 Å². The molecule has 1 saturated heterocycles. The van der Waals surface area contributed by atoms with Gasteiger partial charge in [-0.25, -0.2) is 15.0 Å². The van der Waals surface area contributed by atoms with E-state index in [0.717, 1.165) is 17.4 Å². The summed E-state index contributed by atoms with van der Waals surface area (Å²) < 4.78 is 40.1. The predicted octanol–water partition coefficient (Wildman–Crippen LogP) is 2.89. The van der Waals surface area contributed by atoms with Gasteiger partial charge in [-0.3, -0.25) is 4.79 Å². The molecule has 1 aliphatic heterocycles. The van der Waals surface area contributed by atoms with Crippen molar-refractivity contribution in [2.24, 2.45) is 0 Å². The van der Waals surface area contributed by atoms with Crippen LogP contribution in [-0.4, -0.2) is 65.5 Å². The zero-order valence-electron chi connectivity index (χ0n) is 16.1. The lowest BCUT2D eigenvalue weighted by molar-refractivity contribution is -0.136. The number of halogens is 3. The van der Waals surface area contributed by atoms with Crippen LogP contribution in [-0.2, 0) is 11.0 Å². The number of benzene rings is 1. The van der Waals surface area contributed by atoms with Crippen molar-refractivity contribution in [2.45, 2.75) is 6.18 Å². The minimum absolute atomic E-state index is 0.0447. The summed E-state index contributed by atoms with van der Waals surface area (Å²) in [5.74, 6) is 0.540. The highest BCUT2D eigenvalue weighted by Crippen LogP contribution is 2.38. The number of fused-ring (bicyclic) bond motifs is 1. The van der Waals surface area contributed by atoms with Gasteiger partial charge in [-0.2, -0.15) is 13.2 Å². The van der Waals surface area contributed by atoms with Gasteiger partial charge in [0, 0.05) is 45.6 Å². The van der Waals surface area contributed by atoms with E-state index in [1.165, 1.54) is 6.07 Å². The fourth-order valence-electron chi connectivity index (χ4n) is 3.31. The number of alkyl halides is 3. The topological polar surface area (TPSA) is 65.5 Å². The van der Waals surface area contributed by atoms with Crippen LogP contribution in [0, 0.1) is 0 Å². The summed E-state index contributed by atoms with van der Waals surface area (Å²) in [5.41, 5.74) is -0.845. The van der Waals surface area contributed by atoms with Crippen LogP contribution < -0.4 is 9.80 Å². The summed E-state index contributed by atoms with van der Waals surface area (Å²) in [6.45, 7) is 2.35. The van der Waals surface area contributed by atoms with E-state index in [2.05, 4.69) is 15.0 Å². The van der Waals surface area contributed by atoms with E-state index in [1.807, 2.05) is 4.90 Å². The largest absolute Gasteiger partial charge is 0.418 e. The van der Waals surface area contributed by atoms with E-state index in [0.29, 0.717) is 42.0 Å². The van der Waals surface area contributed by atoms with Gasteiger partial charge in [0.2, 0.25) is 11.9 Å². The number of carbonyl (C=O) groups excluding carboxylic acids is 1. The third kappa shape index (κ3) is 4.16. The molecule has 158 valence electrons. The molecule has 0 radical (unpaired) electrons. The smallest absolute Gasteiger partial charge is 0.342 e. The Balaban J connectivity index is 1.41. The average Bonchev–Trinajstić information content (AvgIpc) is 3.18. The molecular formula is C19H19F3N6OS. The van der Waals surface area contributed by atoms with E-state index in [4.69, 9.17) is 0 Å². The molecule has 3 aromatic rings. The Labute approximate surface area is 174 Å². The van der Waals surface area contributed by atoms with Crippen LogP contribution in [0.15, 0.2) is 36.7 Å². The molecule has 1 amide bonds. The predicted molar refractivity (Wildman–Crippen MR) is 109 cm³/mol. The van der Waals surface area contributed by atoms with Crippen molar-refractivity contribution >= 4 is 38.5 Å². The summed E-state index contributed by atoms with van der Waals surface area (Å²) in [7, 11) is 1.66. The van der Waals surface area contributed by atoms with E-state index < -0.39 is 11.7 Å². The maximum absolute atomic E-state index is 13.2. The highest BCUT2D eigenvalue weighted by Gasteiger charge is 2.34. The summed E-state index contributed by atoms with van der Waals surface area (Å²) >= 11 is 1.14. The lowest BCUT2D eigenvalue weighted by Crippen LogP contribution is -2.51. The van der Waals surface area contributed by atoms with Crippen molar-refractivity contribution in [1.82, 2.24) is 19.9 Å². The Morgan fingerprint density at radius 3 is 2.50 bits per heavy atom. The molecule has 2 aromatic heterocycles. The minimum Gasteiger partial charge on any atom is -0.342 e. The Morgan fingerprint density at radius 1 is 1.13 bits per heavy atom. The number of hydrogen-bond donors (Lipinski definition) is 0. The average molecular weight is 436 g/mol. The number of para-hydroxylation sites is 1. The Kier molecular flexibility index (Phi) is 5.46. The Morgan fingerprint density at radius 2 is 1.83 bits per heavy atom. The first-order valence-corrected chi connectivity index (χ1v) is 10.1. The minimum atomic E-state index is -4.47. The molecule has 0 aliphatic carbocycles. The monoisotopic (exact) mass is 436 g/mol. The number of aromatic nitrogens is 3. The molecule has 1 aliphatic rings. The van der Waals surface area contributed by atoms with Crippen LogP contribution in [0.1, 0.15) is 5.56 Å². The highest BCUT2D eigenvalue weighted by molar-refractivity contribution is 7.22. The first-order chi connectivity index (χ1) is 14.3. The van der Waals surface area contributed by atoms with Crippen molar-refractivity contribution in [3.8, 4) is 0 Å². The van der Waals surface area contributed by atoms with E-state index in [9.17, 15) is 18.0 Å². The third-order valence-corrected chi connectivity index (χ3v) is 6.01. The molecule has 4 rings (SSSR count). The van der Waals surface area contributed by atoms with Gasteiger partial charge in [0.1, 0.15) is 0 Å². The SMILES string of the molecule is CN(CC(=O)N1CCN(c2ncccn2)CC1)c1nc2c(C(F)(F)F)cccc2s1. The summed E-state index contributed by atoms with van der Waals surface area (Å²) in [4.78, 5) is 30.6. The van der Waals surface area contributed by atoms with Gasteiger partial charge in [0.05, 0.1) is 22.3 Å². The number of anilines is 2. The fourth-order valence-corrected chi connectivity index (χ4v) is 4.26. The molecular weight excluding hydrogens is 417 g/mol. The molecule has 11 heteroatoms. The number of carbonyl (C=O) groups is 1. The summed E-state index contributed by atoms with van der Waals surface area (Å²) in [6.07, 6.45) is -1.12. The molecule has 7 nitrogen and oxygen atoms in total. The summed E-state index contributed by atoms with van der Waals surface area (Å²) in [6, 6.07) is 5.74. The van der Waals surface area contributed by atoms with Gasteiger partial charge < -0.3 is 14.7 Å². The molecule has 0 spiro atoms. The van der Waals surface area contributed by atoms with Crippen molar-refractivity contribution in [1.29, 1.82) is 0 Å². The van der Waals surface area contributed by atoms with Crippen LogP contribution in [0.2, 0.25) is 0 Å². The molecule has 1 fully saturated rings. The molecule has 0 unspecified atom stereocenters. The molecule has 30 heavy (non-hydrogen) atoms. The normalized spacial score (nSPS) is 14.9. The maximum atomic E-state index is 13.2. The van der Waals surface area contributed by atoms with Gasteiger partial charge in [-0.15, -0.1) is 0 Å². The number of nitrogens with zero attached hydrogens (tertiary/aromatic N) is 6. The second-order valence-corrected chi connectivity index (χ2v) is 7.93. The van der Waals surface area contributed by atoms with Gasteiger partial charge in [0.25, 0.3) is 0 Å². The van der Waals surface area contributed by atoms with Gasteiger partial charge in [-0.05, 0) is 18.2 Å². The lowest BCUT2D eigenvalue weighted by Gasteiger charge is -2.35. The fraction of sp³-hybridized carbons (Fsp3) is 0.368. The van der Waals surface area contributed by atoms with Gasteiger partial charge >= 0.3 is 6.18 Å². The van der Waals surface area contributed by atoms with Crippen molar-refractivity contribution in [3.63, 3.8) is 0 Å². The number of rotatable bonds is 4. The van der Waals surface area contributed by atoms with Crippen LogP contribution in [0.25, 0.3) is 10.2 Å². The summed E-state index contributed by atoms with van der Waals surface area (Å²) in [5, 5.41) is 0.381. The number of piperazine rings is 1. The molecule has 3 heterocycles. The Hall–Kier alpha value is -2.95. The zero-order valence-corrected chi connectivity index (χ0v) is 16.9. The Bertz CT molecular complexity index is 1030. The van der Waals surface area contributed by atoms with Crippen molar-refractivity contribution in [3.05, 3.63) is 42.2 Å². The first-order valence-electron chi connectivity index (χ1n) is 9.30. The second-order valence-electron chi connectivity index (χ2n) is 6.92. The number of amides is 1. The van der Waals surface area contributed by atoms with E-state index in [1.54, 1.807) is 41.4 Å². The van der Waals surface area contributed by atoms with Crippen LogP contribution in [0.3, 0.4) is 0 Å². The quantitative estimate of drug-likeness (QED) is 0.627. The molecule has 0 atom stereocenters. The lowest BCUT2D eigenvalue weighted by atomic mass is 10.2. The van der Waals surface area contributed by atoms with Crippen LogP contribution in [0.5, 0.6) is 0 Å². The van der Waals surface area contributed by atoms with Crippen molar-refractivity contribution in [2.75, 3.05) is 49.6 Å². The third-order valence-electron chi connectivity index (χ3n) is 4.88. The first kappa shape index (κ1) is 20.3. The van der Waals surface area contributed by atoms with Crippen molar-refractivity contribution < 1.29 is 18.0 Å². The van der Waals surface area contributed by atoms with E-state index >= 15 is 0 Å². The molecule has 1 aromatic carbocycles. The maximum Gasteiger partial charge on any atom is 0.418 e. The number of likely N-dealkylation sites (N-methyl/N-ethyl adjacent to an activating group) is 1. The molecule has 0 bridgehead atoms. The molecule has 0 N–H and O–H groups in total. The zero-order chi connectivity index (χ0) is 21.3. The van der Waals surface area contributed by atoms with Gasteiger partial charge in [-0.1, -0.05) is 17.4 Å². The molecule has 0 saturated carbocycles. The van der Waals surface area contributed by atoms with Crippen LogP contribution in [0.4, 0.5) is 24.3 Å². The standard InChI is InChI=1S/C19H19F3N6OS/c1-26(18-25-16-13(19(20,21)22)4-2-5-14(16)30-18)12-15(29)27-8-10-28(11-9-27)17-23-6-3-7-24-17/h2-7H,8-12H2,1H3. The van der Waals surface area contributed by atoms with Crippen LogP contribution >= 0.6 is 11.3 Å². The number of hydrogen-bond acceptors (Lipinski definition) is 7.